The average molecular weight is 365 g/mol. The number of rotatable bonds is 4. The number of carbonyl (C=O) groups excluding carboxylic acids is 1. The first-order chi connectivity index (χ1) is 10.6. The number of sulfonamides is 1. The number of hydrogen-bond donors (Lipinski definition) is 1. The van der Waals surface area contributed by atoms with Crippen LogP contribution in [0.2, 0.25) is 0 Å². The minimum absolute atomic E-state index is 0.160. The molecule has 1 aromatic heterocycles. The predicted octanol–water partition coefficient (Wildman–Crippen LogP) is 3.35. The molecule has 0 aliphatic heterocycles. The molecule has 5 nitrogen and oxygen atoms in total. The Morgan fingerprint density at radius 3 is 2.57 bits per heavy atom. The van der Waals surface area contributed by atoms with E-state index in [2.05, 4.69) is 4.74 Å². The van der Waals surface area contributed by atoms with Crippen LogP contribution in [0.1, 0.15) is 15.2 Å². The molecule has 0 saturated carbocycles. The maximum Gasteiger partial charge on any atom is 0.416 e. The lowest BCUT2D eigenvalue weighted by Crippen LogP contribution is -2.16. The van der Waals surface area contributed by atoms with E-state index in [0.29, 0.717) is 6.07 Å². The number of methoxy groups -OCH3 is 1. The topological polar surface area (TPSA) is 72.5 Å². The van der Waals surface area contributed by atoms with Gasteiger partial charge < -0.3 is 4.74 Å². The van der Waals surface area contributed by atoms with E-state index in [1.165, 1.54) is 17.5 Å². The molecule has 1 aromatic carbocycles. The molecule has 23 heavy (non-hydrogen) atoms. The molecule has 1 N–H and O–H groups in total. The lowest BCUT2D eigenvalue weighted by Gasteiger charge is -2.11. The first-order valence-electron chi connectivity index (χ1n) is 6.01. The predicted molar refractivity (Wildman–Crippen MR) is 77.9 cm³/mol. The number of nitrogens with one attached hydrogen (secondary N) is 1. The average Bonchev–Trinajstić information content (AvgIpc) is 2.95. The van der Waals surface area contributed by atoms with Crippen molar-refractivity contribution in [3.63, 3.8) is 0 Å². The molecule has 124 valence electrons. The summed E-state index contributed by atoms with van der Waals surface area (Å²) in [4.78, 5) is 11.0. The van der Waals surface area contributed by atoms with Crippen molar-refractivity contribution >= 4 is 33.0 Å². The zero-order valence-corrected chi connectivity index (χ0v) is 13.2. The highest BCUT2D eigenvalue weighted by Crippen LogP contribution is 2.31. The maximum absolute atomic E-state index is 12.7. The molecule has 0 fully saturated rings. The van der Waals surface area contributed by atoms with Gasteiger partial charge in [0.25, 0.3) is 10.0 Å². The first-order valence-corrected chi connectivity index (χ1v) is 8.37. The third-order valence-electron chi connectivity index (χ3n) is 2.73. The van der Waals surface area contributed by atoms with Crippen LogP contribution in [-0.4, -0.2) is 21.5 Å². The van der Waals surface area contributed by atoms with Crippen molar-refractivity contribution in [1.29, 1.82) is 0 Å². The molecule has 0 radical (unpaired) electrons. The second-order valence-electron chi connectivity index (χ2n) is 4.29. The summed E-state index contributed by atoms with van der Waals surface area (Å²) in [6.07, 6.45) is -4.60. The molecule has 0 aliphatic rings. The number of thiophene rings is 1. The largest absolute Gasteiger partial charge is 0.465 e. The summed E-state index contributed by atoms with van der Waals surface area (Å²) in [5, 5.41) is 1.37. The van der Waals surface area contributed by atoms with Gasteiger partial charge in [-0.1, -0.05) is 6.07 Å². The summed E-state index contributed by atoms with van der Waals surface area (Å²) in [5.74, 6) is -0.843. The van der Waals surface area contributed by atoms with E-state index in [1.807, 2.05) is 4.72 Å². The highest BCUT2D eigenvalue weighted by molar-refractivity contribution is 7.93. The Labute approximate surface area is 133 Å². The van der Waals surface area contributed by atoms with Gasteiger partial charge in [-0.05, 0) is 29.6 Å². The Hall–Kier alpha value is -2.07. The Bertz CT molecular complexity index is 828. The summed E-state index contributed by atoms with van der Waals surface area (Å²) >= 11 is 0.853. The van der Waals surface area contributed by atoms with E-state index in [9.17, 15) is 26.4 Å². The van der Waals surface area contributed by atoms with Gasteiger partial charge in [0, 0.05) is 5.69 Å². The zero-order chi connectivity index (χ0) is 17.3. The van der Waals surface area contributed by atoms with Crippen molar-refractivity contribution in [2.45, 2.75) is 11.1 Å². The molecule has 0 bridgehead atoms. The Morgan fingerprint density at radius 2 is 1.96 bits per heavy atom. The Kier molecular flexibility index (Phi) is 4.66. The molecule has 1 heterocycles. The third-order valence-corrected chi connectivity index (χ3v) is 5.18. The van der Waals surface area contributed by atoms with Gasteiger partial charge in [0.2, 0.25) is 0 Å². The van der Waals surface area contributed by atoms with Crippen LogP contribution in [0.4, 0.5) is 18.9 Å². The van der Waals surface area contributed by atoms with Crippen LogP contribution in [0.25, 0.3) is 0 Å². The van der Waals surface area contributed by atoms with Gasteiger partial charge in [-0.15, -0.1) is 11.3 Å². The lowest BCUT2D eigenvalue weighted by atomic mass is 10.2. The number of esters is 1. The second-order valence-corrected chi connectivity index (χ2v) is 6.86. The number of benzene rings is 1. The standard InChI is InChI=1S/C13H10F3NO4S2/c1-21-12(18)11-10(5-6-22-11)23(19,20)17-9-4-2-3-8(7-9)13(14,15)16/h2-7,17H,1H3. The van der Waals surface area contributed by atoms with Gasteiger partial charge in [0.15, 0.2) is 0 Å². The number of halogens is 3. The summed E-state index contributed by atoms with van der Waals surface area (Å²) in [7, 11) is -3.13. The van der Waals surface area contributed by atoms with Crippen LogP contribution in [-0.2, 0) is 20.9 Å². The number of hydrogen-bond acceptors (Lipinski definition) is 5. The second kappa shape index (κ2) is 6.20. The van der Waals surface area contributed by atoms with Crippen molar-refractivity contribution in [3.8, 4) is 0 Å². The lowest BCUT2D eigenvalue weighted by molar-refractivity contribution is -0.137. The summed E-state index contributed by atoms with van der Waals surface area (Å²) in [6.45, 7) is 0. The number of ether oxygens (including phenoxy) is 1. The third kappa shape index (κ3) is 3.82. The van der Waals surface area contributed by atoms with E-state index in [0.717, 1.165) is 30.6 Å². The first kappa shape index (κ1) is 17.3. The van der Waals surface area contributed by atoms with Gasteiger partial charge in [0.1, 0.15) is 9.77 Å². The molecule has 0 atom stereocenters. The molecular weight excluding hydrogens is 355 g/mol. The van der Waals surface area contributed by atoms with Crippen molar-refractivity contribution in [3.05, 3.63) is 46.2 Å². The normalized spacial score (nSPS) is 12.0. The number of anilines is 1. The molecule has 0 amide bonds. The fourth-order valence-electron chi connectivity index (χ4n) is 1.72. The van der Waals surface area contributed by atoms with Gasteiger partial charge in [-0.2, -0.15) is 13.2 Å². The maximum atomic E-state index is 12.7. The molecule has 0 aliphatic carbocycles. The van der Waals surface area contributed by atoms with E-state index >= 15 is 0 Å². The number of alkyl halides is 3. The molecule has 10 heteroatoms. The minimum Gasteiger partial charge on any atom is -0.465 e. The molecule has 2 rings (SSSR count). The van der Waals surface area contributed by atoms with Crippen molar-refractivity contribution in [1.82, 2.24) is 0 Å². The smallest absolute Gasteiger partial charge is 0.416 e. The zero-order valence-electron chi connectivity index (χ0n) is 11.5. The number of carbonyl (C=O) groups is 1. The van der Waals surface area contributed by atoms with Crippen LogP contribution in [0.15, 0.2) is 40.6 Å². The van der Waals surface area contributed by atoms with Crippen LogP contribution >= 0.6 is 11.3 Å². The highest BCUT2D eigenvalue weighted by atomic mass is 32.2. The summed E-state index contributed by atoms with van der Waals surface area (Å²) in [5.41, 5.74) is -1.25. The fourth-order valence-corrected chi connectivity index (χ4v) is 4.11. The molecule has 0 spiro atoms. The molecule has 2 aromatic rings. The SMILES string of the molecule is COC(=O)c1sccc1S(=O)(=O)Nc1cccc(C(F)(F)F)c1. The van der Waals surface area contributed by atoms with Crippen LogP contribution < -0.4 is 4.72 Å². The summed E-state index contributed by atoms with van der Waals surface area (Å²) < 4.78 is 69.0. The van der Waals surface area contributed by atoms with Crippen LogP contribution in [0.3, 0.4) is 0 Å². The highest BCUT2D eigenvalue weighted by Gasteiger charge is 2.31. The Balaban J connectivity index is 2.37. The van der Waals surface area contributed by atoms with E-state index in [-0.39, 0.29) is 15.5 Å². The molecule has 0 unspecified atom stereocenters. The van der Waals surface area contributed by atoms with Gasteiger partial charge >= 0.3 is 12.1 Å². The summed E-state index contributed by atoms with van der Waals surface area (Å²) in [6, 6.07) is 4.92. The van der Waals surface area contributed by atoms with Gasteiger partial charge in [-0.3, -0.25) is 4.72 Å². The van der Waals surface area contributed by atoms with Crippen molar-refractivity contribution in [2.75, 3.05) is 11.8 Å². The fraction of sp³-hybridized carbons (Fsp3) is 0.154. The molecule has 0 saturated heterocycles. The van der Waals surface area contributed by atoms with Gasteiger partial charge in [0.05, 0.1) is 12.7 Å². The monoisotopic (exact) mass is 365 g/mol. The van der Waals surface area contributed by atoms with Gasteiger partial charge in [-0.25, -0.2) is 13.2 Å². The van der Waals surface area contributed by atoms with Crippen molar-refractivity contribution < 1.29 is 31.1 Å². The Morgan fingerprint density at radius 1 is 1.26 bits per heavy atom. The van der Waals surface area contributed by atoms with E-state index in [4.69, 9.17) is 0 Å². The van der Waals surface area contributed by atoms with Crippen molar-refractivity contribution in [2.24, 2.45) is 0 Å². The van der Waals surface area contributed by atoms with Crippen LogP contribution in [0, 0.1) is 0 Å². The van der Waals surface area contributed by atoms with Crippen LogP contribution in [0.5, 0.6) is 0 Å². The van der Waals surface area contributed by atoms with E-state index in [1.54, 1.807) is 0 Å². The quantitative estimate of drug-likeness (QED) is 0.844. The van der Waals surface area contributed by atoms with E-state index < -0.39 is 27.7 Å². The molecular formula is C13H10F3NO4S2. The minimum atomic E-state index is -4.60.